The maximum atomic E-state index is 13.0. The van der Waals surface area contributed by atoms with Gasteiger partial charge in [0.2, 0.25) is 0 Å². The van der Waals surface area contributed by atoms with Crippen molar-refractivity contribution in [2.45, 2.75) is 11.2 Å². The third-order valence-electron chi connectivity index (χ3n) is 7.73. The Kier molecular flexibility index (Phi) is 6.88. The van der Waals surface area contributed by atoms with Crippen molar-refractivity contribution >= 4 is 0 Å². The van der Waals surface area contributed by atoms with Crippen molar-refractivity contribution in [2.24, 2.45) is 0 Å². The number of benzene rings is 6. The van der Waals surface area contributed by atoms with E-state index in [0.717, 1.165) is 22.3 Å². The summed E-state index contributed by atoms with van der Waals surface area (Å²) >= 11 is 0. The second-order valence-electron chi connectivity index (χ2n) is 10.0. The van der Waals surface area contributed by atoms with Crippen molar-refractivity contribution in [3.63, 3.8) is 0 Å². The van der Waals surface area contributed by atoms with Crippen molar-refractivity contribution in [3.05, 3.63) is 192 Å². The molecule has 2 atom stereocenters. The summed E-state index contributed by atoms with van der Waals surface area (Å²) in [5.74, 6) is 0. The zero-order valence-corrected chi connectivity index (χ0v) is 22.1. The molecule has 0 amide bonds. The molecular weight excluding hydrogens is 488 g/mol. The monoisotopic (exact) mass is 518 g/mol. The first-order valence-corrected chi connectivity index (χ1v) is 13.5. The largest absolute Gasteiger partial charge is 0.377 e. The maximum Gasteiger partial charge on any atom is 0.152 e. The molecule has 6 rings (SSSR count). The van der Waals surface area contributed by atoms with Crippen LogP contribution in [0.3, 0.4) is 0 Å². The van der Waals surface area contributed by atoms with Gasteiger partial charge in [-0.25, -0.2) is 0 Å². The number of aliphatic hydroxyl groups is 2. The Bertz CT molecular complexity index is 1530. The highest BCUT2D eigenvalue weighted by Gasteiger charge is 2.54. The highest BCUT2D eigenvalue weighted by atomic mass is 16.4. The first kappa shape index (κ1) is 25.5. The third-order valence-corrected chi connectivity index (χ3v) is 7.73. The molecule has 0 spiro atoms. The van der Waals surface area contributed by atoms with Gasteiger partial charge in [0.25, 0.3) is 0 Å². The quantitative estimate of drug-likeness (QED) is 0.224. The summed E-state index contributed by atoms with van der Waals surface area (Å²) in [5, 5.41) is 26.0. The van der Waals surface area contributed by atoms with Gasteiger partial charge in [0.15, 0.2) is 11.2 Å². The van der Waals surface area contributed by atoms with E-state index in [4.69, 9.17) is 0 Å². The van der Waals surface area contributed by atoms with Crippen LogP contribution in [0.25, 0.3) is 22.3 Å². The van der Waals surface area contributed by atoms with Crippen LogP contribution in [0.2, 0.25) is 0 Å². The molecule has 2 unspecified atom stereocenters. The molecule has 2 nitrogen and oxygen atoms in total. The lowest BCUT2D eigenvalue weighted by molar-refractivity contribution is -0.113. The fourth-order valence-corrected chi connectivity index (χ4v) is 5.60. The van der Waals surface area contributed by atoms with Gasteiger partial charge in [-0.2, -0.15) is 0 Å². The standard InChI is InChI=1S/C38H30O2/c39-37(33-17-9-3-10-18-33,35-25-21-31(22-26-35)29-13-5-1-6-14-29)38(40,34-19-11-4-12-20-34)36-27-23-32(24-28-36)30-15-7-2-8-16-30/h1-28,39-40H. The fourth-order valence-electron chi connectivity index (χ4n) is 5.60. The second-order valence-corrected chi connectivity index (χ2v) is 10.0. The van der Waals surface area contributed by atoms with E-state index in [9.17, 15) is 10.2 Å². The third kappa shape index (κ3) is 4.44. The molecule has 2 heteroatoms. The van der Waals surface area contributed by atoms with Gasteiger partial charge in [0.1, 0.15) is 0 Å². The molecule has 40 heavy (non-hydrogen) atoms. The molecule has 0 aliphatic rings. The molecule has 0 saturated carbocycles. The molecule has 0 aromatic heterocycles. The summed E-state index contributed by atoms with van der Waals surface area (Å²) in [7, 11) is 0. The molecule has 0 bridgehead atoms. The minimum absolute atomic E-state index is 0.594. The average molecular weight is 519 g/mol. The fraction of sp³-hybridized carbons (Fsp3) is 0.0526. The first-order valence-electron chi connectivity index (χ1n) is 13.5. The number of hydrogen-bond donors (Lipinski definition) is 2. The van der Waals surface area contributed by atoms with Crippen molar-refractivity contribution < 1.29 is 10.2 Å². The van der Waals surface area contributed by atoms with Gasteiger partial charge in [-0.3, -0.25) is 0 Å². The normalized spacial score (nSPS) is 14.2. The smallest absolute Gasteiger partial charge is 0.152 e. The zero-order valence-electron chi connectivity index (χ0n) is 22.1. The average Bonchev–Trinajstić information content (AvgIpc) is 3.06. The molecule has 0 aliphatic heterocycles. The molecule has 0 heterocycles. The van der Waals surface area contributed by atoms with Crippen LogP contribution in [0.4, 0.5) is 0 Å². The minimum Gasteiger partial charge on any atom is -0.377 e. The van der Waals surface area contributed by atoms with E-state index in [-0.39, 0.29) is 0 Å². The summed E-state index contributed by atoms with van der Waals surface area (Å²) in [6, 6.07) is 54.9. The predicted octanol–water partition coefficient (Wildman–Crippen LogP) is 8.19. The lowest BCUT2D eigenvalue weighted by Gasteiger charge is -2.45. The molecular formula is C38H30O2. The van der Waals surface area contributed by atoms with E-state index in [1.807, 2.05) is 146 Å². The van der Waals surface area contributed by atoms with Gasteiger partial charge in [-0.05, 0) is 44.5 Å². The SMILES string of the molecule is OC(c1ccccc1)(c1ccc(-c2ccccc2)cc1)C(O)(c1ccccc1)c1ccc(-c2ccccc2)cc1. The Morgan fingerprint density at radius 2 is 0.475 bits per heavy atom. The Labute approximate surface area is 235 Å². The molecule has 0 radical (unpaired) electrons. The molecule has 6 aromatic rings. The van der Waals surface area contributed by atoms with Crippen molar-refractivity contribution in [2.75, 3.05) is 0 Å². The second kappa shape index (κ2) is 10.8. The summed E-state index contributed by atoms with van der Waals surface area (Å²) < 4.78 is 0. The van der Waals surface area contributed by atoms with Gasteiger partial charge in [-0.15, -0.1) is 0 Å². The van der Waals surface area contributed by atoms with Gasteiger partial charge in [0, 0.05) is 0 Å². The van der Waals surface area contributed by atoms with Gasteiger partial charge >= 0.3 is 0 Å². The summed E-state index contributed by atoms with van der Waals surface area (Å²) in [6.45, 7) is 0. The Morgan fingerprint density at radius 1 is 0.250 bits per heavy atom. The minimum atomic E-state index is -1.81. The number of hydrogen-bond acceptors (Lipinski definition) is 2. The lowest BCUT2D eigenvalue weighted by atomic mass is 9.66. The lowest BCUT2D eigenvalue weighted by Crippen LogP contribution is -2.51. The Morgan fingerprint density at radius 3 is 0.775 bits per heavy atom. The molecule has 0 aliphatic carbocycles. The van der Waals surface area contributed by atoms with E-state index in [1.165, 1.54) is 0 Å². The summed E-state index contributed by atoms with van der Waals surface area (Å²) in [4.78, 5) is 0. The molecule has 194 valence electrons. The van der Waals surface area contributed by atoms with Crippen LogP contribution >= 0.6 is 0 Å². The van der Waals surface area contributed by atoms with E-state index in [1.54, 1.807) is 0 Å². The van der Waals surface area contributed by atoms with E-state index < -0.39 is 11.2 Å². The number of rotatable bonds is 7. The van der Waals surface area contributed by atoms with Crippen LogP contribution in [-0.4, -0.2) is 10.2 Å². The molecule has 0 saturated heterocycles. The highest BCUT2D eigenvalue weighted by Crippen LogP contribution is 2.50. The van der Waals surface area contributed by atoms with Crippen LogP contribution in [-0.2, 0) is 11.2 Å². The van der Waals surface area contributed by atoms with Crippen LogP contribution in [0.1, 0.15) is 22.3 Å². The van der Waals surface area contributed by atoms with Crippen LogP contribution in [0, 0.1) is 0 Å². The van der Waals surface area contributed by atoms with Crippen molar-refractivity contribution in [1.82, 2.24) is 0 Å². The van der Waals surface area contributed by atoms with E-state index >= 15 is 0 Å². The Hall–Kier alpha value is -4.76. The molecule has 2 N–H and O–H groups in total. The predicted molar refractivity (Wildman–Crippen MR) is 163 cm³/mol. The van der Waals surface area contributed by atoms with Gasteiger partial charge < -0.3 is 10.2 Å². The first-order chi connectivity index (χ1) is 19.6. The van der Waals surface area contributed by atoms with E-state index in [2.05, 4.69) is 24.3 Å². The van der Waals surface area contributed by atoms with Crippen LogP contribution in [0.5, 0.6) is 0 Å². The maximum absolute atomic E-state index is 13.0. The summed E-state index contributed by atoms with van der Waals surface area (Å²) in [6.07, 6.45) is 0. The zero-order chi connectivity index (χ0) is 27.4. The molecule has 6 aromatic carbocycles. The van der Waals surface area contributed by atoms with Gasteiger partial charge in [-0.1, -0.05) is 170 Å². The highest BCUT2D eigenvalue weighted by molar-refractivity contribution is 5.66. The van der Waals surface area contributed by atoms with Crippen molar-refractivity contribution in [3.8, 4) is 22.3 Å². The van der Waals surface area contributed by atoms with Crippen molar-refractivity contribution in [1.29, 1.82) is 0 Å². The summed E-state index contributed by atoms with van der Waals surface area (Å²) in [5.41, 5.74) is 3.03. The van der Waals surface area contributed by atoms with E-state index in [0.29, 0.717) is 22.3 Å². The topological polar surface area (TPSA) is 40.5 Å². The Balaban J connectivity index is 1.56. The van der Waals surface area contributed by atoms with Gasteiger partial charge in [0.05, 0.1) is 0 Å². The van der Waals surface area contributed by atoms with Crippen LogP contribution in [0.15, 0.2) is 170 Å². The molecule has 0 fully saturated rings. The van der Waals surface area contributed by atoms with Crippen LogP contribution < -0.4 is 0 Å².